The molecule has 6 rings (SSSR count). The number of benzene rings is 4. The van der Waals surface area contributed by atoms with Gasteiger partial charge in [0.2, 0.25) is 0 Å². The minimum atomic E-state index is -0.258. The number of furan rings is 1. The standard InChI is InChI=1S/C35H27NO5/c1-22(20-37)26-9-15-33-31(18-26)32-19-27(10-16-34(32)36(33)28-11-5-24(6-12-28)23(2)38)35(39)25-7-13-29(14-8-25)41-21-30-4-3-17-40-30/h3-20,22H,21H2,1-2H3. The summed E-state index contributed by atoms with van der Waals surface area (Å²) in [7, 11) is 0. The van der Waals surface area contributed by atoms with Crippen LogP contribution in [0.3, 0.4) is 0 Å². The lowest BCUT2D eigenvalue weighted by atomic mass is 9.98. The summed E-state index contributed by atoms with van der Waals surface area (Å²) in [4.78, 5) is 36.9. The van der Waals surface area contributed by atoms with Gasteiger partial charge in [-0.1, -0.05) is 13.0 Å². The smallest absolute Gasteiger partial charge is 0.193 e. The van der Waals surface area contributed by atoms with Gasteiger partial charge < -0.3 is 18.5 Å². The molecule has 0 spiro atoms. The van der Waals surface area contributed by atoms with Crippen LogP contribution >= 0.6 is 0 Å². The number of fused-ring (bicyclic) bond motifs is 3. The molecule has 2 heterocycles. The summed E-state index contributed by atoms with van der Waals surface area (Å²) in [5, 5.41) is 1.85. The molecule has 0 radical (unpaired) electrons. The molecule has 41 heavy (non-hydrogen) atoms. The number of aromatic nitrogens is 1. The first-order valence-corrected chi connectivity index (χ1v) is 13.4. The number of ether oxygens (including phenoxy) is 1. The number of nitrogens with zero attached hydrogens (tertiary/aromatic N) is 1. The third-order valence-electron chi connectivity index (χ3n) is 7.39. The van der Waals surface area contributed by atoms with Crippen molar-refractivity contribution in [3.63, 3.8) is 0 Å². The third kappa shape index (κ3) is 4.96. The Kier molecular flexibility index (Phi) is 6.81. The number of hydrogen-bond acceptors (Lipinski definition) is 5. The molecule has 6 heteroatoms. The highest BCUT2D eigenvalue weighted by Gasteiger charge is 2.18. The fourth-order valence-corrected chi connectivity index (χ4v) is 5.09. The van der Waals surface area contributed by atoms with Crippen LogP contribution in [0.2, 0.25) is 0 Å². The quantitative estimate of drug-likeness (QED) is 0.138. The van der Waals surface area contributed by atoms with E-state index in [1.54, 1.807) is 37.5 Å². The minimum absolute atomic E-state index is 0.00605. The van der Waals surface area contributed by atoms with E-state index >= 15 is 0 Å². The number of Topliss-reactive ketones (excluding diaryl/α,β-unsaturated/α-hetero) is 1. The normalized spacial score (nSPS) is 12.0. The Bertz CT molecular complexity index is 1900. The number of ketones is 2. The number of carbonyl (C=O) groups is 3. The number of aldehydes is 1. The zero-order valence-corrected chi connectivity index (χ0v) is 22.7. The third-order valence-corrected chi connectivity index (χ3v) is 7.39. The van der Waals surface area contributed by atoms with Crippen molar-refractivity contribution in [2.75, 3.05) is 0 Å². The van der Waals surface area contributed by atoms with Crippen molar-refractivity contribution < 1.29 is 23.5 Å². The van der Waals surface area contributed by atoms with Crippen molar-refractivity contribution in [2.45, 2.75) is 26.4 Å². The predicted molar refractivity (Wildman–Crippen MR) is 158 cm³/mol. The Morgan fingerprint density at radius 1 is 0.829 bits per heavy atom. The predicted octanol–water partition coefficient (Wildman–Crippen LogP) is 7.69. The summed E-state index contributed by atoms with van der Waals surface area (Å²) >= 11 is 0. The van der Waals surface area contributed by atoms with E-state index in [-0.39, 0.29) is 17.5 Å². The van der Waals surface area contributed by atoms with Crippen molar-refractivity contribution in [2.24, 2.45) is 0 Å². The molecular formula is C35H27NO5. The van der Waals surface area contributed by atoms with Gasteiger partial charge in [0.25, 0.3) is 0 Å². The maximum Gasteiger partial charge on any atom is 0.193 e. The van der Waals surface area contributed by atoms with Gasteiger partial charge in [-0.3, -0.25) is 9.59 Å². The van der Waals surface area contributed by atoms with Gasteiger partial charge in [0, 0.05) is 39.1 Å². The summed E-state index contributed by atoms with van der Waals surface area (Å²) in [6.07, 6.45) is 2.53. The zero-order valence-electron chi connectivity index (χ0n) is 22.7. The van der Waals surface area contributed by atoms with Gasteiger partial charge in [0.05, 0.1) is 17.3 Å². The Morgan fingerprint density at radius 3 is 2.15 bits per heavy atom. The van der Waals surface area contributed by atoms with E-state index in [0.717, 1.165) is 45.1 Å². The molecule has 0 saturated carbocycles. The summed E-state index contributed by atoms with van der Waals surface area (Å²) in [6.45, 7) is 3.72. The summed E-state index contributed by atoms with van der Waals surface area (Å²) in [5.41, 5.74) is 5.41. The van der Waals surface area contributed by atoms with Crippen molar-refractivity contribution in [1.29, 1.82) is 0 Å². The van der Waals surface area contributed by atoms with Crippen molar-refractivity contribution in [3.05, 3.63) is 131 Å². The zero-order chi connectivity index (χ0) is 28.5. The van der Waals surface area contributed by atoms with Gasteiger partial charge in [-0.2, -0.15) is 0 Å². The molecule has 0 saturated heterocycles. The van der Waals surface area contributed by atoms with Crippen LogP contribution in [0.5, 0.6) is 5.75 Å². The molecule has 4 aromatic carbocycles. The molecule has 0 fully saturated rings. The Balaban J connectivity index is 1.40. The lowest BCUT2D eigenvalue weighted by Crippen LogP contribution is -2.02. The number of carbonyl (C=O) groups excluding carboxylic acids is 3. The molecule has 0 N–H and O–H groups in total. The van der Waals surface area contributed by atoms with Crippen molar-refractivity contribution >= 4 is 39.7 Å². The molecule has 0 amide bonds. The molecule has 0 bridgehead atoms. The molecule has 0 aliphatic carbocycles. The van der Waals surface area contributed by atoms with E-state index in [1.165, 1.54) is 0 Å². The maximum atomic E-state index is 13.5. The van der Waals surface area contributed by atoms with Crippen LogP contribution in [0.1, 0.15) is 57.4 Å². The monoisotopic (exact) mass is 541 g/mol. The molecule has 2 aromatic heterocycles. The first-order valence-electron chi connectivity index (χ1n) is 13.4. The van der Waals surface area contributed by atoms with E-state index < -0.39 is 0 Å². The number of rotatable bonds is 9. The van der Waals surface area contributed by atoms with Gasteiger partial charge >= 0.3 is 0 Å². The highest BCUT2D eigenvalue weighted by Crippen LogP contribution is 2.35. The van der Waals surface area contributed by atoms with Crippen LogP contribution in [0, 0.1) is 0 Å². The van der Waals surface area contributed by atoms with Crippen molar-refractivity contribution in [1.82, 2.24) is 4.57 Å². The minimum Gasteiger partial charge on any atom is -0.486 e. The first kappa shape index (κ1) is 26.0. The summed E-state index contributed by atoms with van der Waals surface area (Å²) in [5.74, 6) is 1.01. The molecule has 0 aliphatic heterocycles. The molecule has 6 nitrogen and oxygen atoms in total. The van der Waals surface area contributed by atoms with Gasteiger partial charge in [0.15, 0.2) is 11.6 Å². The second-order valence-corrected chi connectivity index (χ2v) is 10.1. The van der Waals surface area contributed by atoms with Gasteiger partial charge in [-0.15, -0.1) is 0 Å². The van der Waals surface area contributed by atoms with Gasteiger partial charge in [0.1, 0.15) is 24.4 Å². The highest BCUT2D eigenvalue weighted by atomic mass is 16.5. The molecule has 6 aromatic rings. The lowest BCUT2D eigenvalue weighted by molar-refractivity contribution is -0.108. The molecular weight excluding hydrogens is 514 g/mol. The molecule has 0 aliphatic rings. The van der Waals surface area contributed by atoms with Crippen molar-refractivity contribution in [3.8, 4) is 11.4 Å². The van der Waals surface area contributed by atoms with E-state index in [1.807, 2.05) is 79.7 Å². The lowest BCUT2D eigenvalue weighted by Gasteiger charge is -2.10. The second-order valence-electron chi connectivity index (χ2n) is 10.1. The number of hydrogen-bond donors (Lipinski definition) is 0. The fourth-order valence-electron chi connectivity index (χ4n) is 5.09. The van der Waals surface area contributed by atoms with E-state index in [0.29, 0.717) is 29.0 Å². The molecule has 1 atom stereocenters. The average Bonchev–Trinajstić information content (AvgIpc) is 3.65. The second kappa shape index (κ2) is 10.7. The maximum absolute atomic E-state index is 13.5. The summed E-state index contributed by atoms with van der Waals surface area (Å²) < 4.78 is 13.2. The van der Waals surface area contributed by atoms with E-state index in [9.17, 15) is 14.4 Å². The van der Waals surface area contributed by atoms with E-state index in [4.69, 9.17) is 9.15 Å². The topological polar surface area (TPSA) is 78.5 Å². The van der Waals surface area contributed by atoms with Crippen LogP contribution in [-0.4, -0.2) is 22.4 Å². The first-order chi connectivity index (χ1) is 19.9. The SMILES string of the molecule is CC(=O)c1ccc(-n2c3ccc(C(=O)c4ccc(OCc5ccco5)cc4)cc3c3cc(C(C)C=O)ccc32)cc1. The highest BCUT2D eigenvalue weighted by molar-refractivity contribution is 6.15. The van der Waals surface area contributed by atoms with Crippen LogP contribution in [0.4, 0.5) is 0 Å². The Hall–Kier alpha value is -5.23. The van der Waals surface area contributed by atoms with Crippen LogP contribution in [0.15, 0.2) is 108 Å². The molecule has 1 unspecified atom stereocenters. The van der Waals surface area contributed by atoms with Crippen LogP contribution in [-0.2, 0) is 11.4 Å². The Morgan fingerprint density at radius 2 is 1.49 bits per heavy atom. The average molecular weight is 542 g/mol. The van der Waals surface area contributed by atoms with Gasteiger partial charge in [-0.25, -0.2) is 0 Å². The summed E-state index contributed by atoms with van der Waals surface area (Å²) in [6, 6.07) is 29.9. The Labute approximate surface area is 236 Å². The van der Waals surface area contributed by atoms with Gasteiger partial charge in [-0.05, 0) is 103 Å². The fraction of sp³-hybridized carbons (Fsp3) is 0.114. The van der Waals surface area contributed by atoms with E-state index in [2.05, 4.69) is 4.57 Å². The largest absolute Gasteiger partial charge is 0.486 e. The molecule has 202 valence electrons. The van der Waals surface area contributed by atoms with Crippen LogP contribution < -0.4 is 4.74 Å². The van der Waals surface area contributed by atoms with Crippen LogP contribution in [0.25, 0.3) is 27.5 Å².